The Morgan fingerprint density at radius 3 is 2.57 bits per heavy atom. The van der Waals surface area contributed by atoms with Gasteiger partial charge in [0, 0.05) is 29.3 Å². The number of methoxy groups -OCH3 is 2. The lowest BCUT2D eigenvalue weighted by atomic mass is 9.97. The van der Waals surface area contributed by atoms with E-state index in [2.05, 4.69) is 10.2 Å². The van der Waals surface area contributed by atoms with E-state index in [0.717, 1.165) is 67.9 Å². The van der Waals surface area contributed by atoms with E-state index in [1.54, 1.807) is 18.4 Å². The molecule has 0 unspecified atom stereocenters. The van der Waals surface area contributed by atoms with Crippen LogP contribution in [0.3, 0.4) is 0 Å². The summed E-state index contributed by atoms with van der Waals surface area (Å²) in [7, 11) is 3.05. The number of hydrogen-bond acceptors (Lipinski definition) is 7. The number of hydrogen-bond donors (Lipinski definition) is 1. The van der Waals surface area contributed by atoms with Crippen LogP contribution < -0.4 is 10.1 Å². The van der Waals surface area contributed by atoms with E-state index in [0.29, 0.717) is 29.5 Å². The highest BCUT2D eigenvalue weighted by atomic mass is 32.1. The number of aromatic nitrogens is 1. The second-order valence-corrected chi connectivity index (χ2v) is 10.2. The predicted molar refractivity (Wildman–Crippen MR) is 147 cm³/mol. The van der Waals surface area contributed by atoms with Crippen LogP contribution in [0.4, 0.5) is 5.69 Å². The molecule has 0 spiro atoms. The van der Waals surface area contributed by atoms with Gasteiger partial charge in [0.15, 0.2) is 0 Å². The van der Waals surface area contributed by atoms with Crippen molar-refractivity contribution in [2.24, 2.45) is 0 Å². The van der Waals surface area contributed by atoms with Crippen LogP contribution in [0.1, 0.15) is 59.9 Å². The van der Waals surface area contributed by atoms with Crippen LogP contribution >= 0.6 is 11.3 Å². The third-order valence-corrected chi connectivity index (χ3v) is 7.84. The van der Waals surface area contributed by atoms with Gasteiger partial charge in [0.05, 0.1) is 24.9 Å². The number of amides is 1. The average Bonchev–Trinajstić information content (AvgIpc) is 3.44. The van der Waals surface area contributed by atoms with Crippen molar-refractivity contribution in [1.82, 2.24) is 9.88 Å². The second-order valence-electron chi connectivity index (χ2n) is 9.31. The number of unbranched alkanes of at least 4 members (excludes halogenated alkanes) is 2. The van der Waals surface area contributed by atoms with E-state index >= 15 is 0 Å². The Labute approximate surface area is 222 Å². The topological polar surface area (TPSA) is 80.8 Å². The first-order valence-corrected chi connectivity index (χ1v) is 13.7. The molecule has 2 aromatic carbocycles. The van der Waals surface area contributed by atoms with Gasteiger partial charge < -0.3 is 19.7 Å². The molecule has 1 fully saturated rings. The van der Waals surface area contributed by atoms with Gasteiger partial charge in [0.1, 0.15) is 11.4 Å². The van der Waals surface area contributed by atoms with Crippen LogP contribution in [0.25, 0.3) is 11.1 Å². The number of thiazole rings is 1. The van der Waals surface area contributed by atoms with Gasteiger partial charge in [-0.3, -0.25) is 9.59 Å². The molecule has 0 saturated carbocycles. The molecule has 4 rings (SSSR count). The van der Waals surface area contributed by atoms with Crippen LogP contribution in [0.2, 0.25) is 0 Å². The highest BCUT2D eigenvalue weighted by Gasteiger charge is 2.24. The lowest BCUT2D eigenvalue weighted by Crippen LogP contribution is -2.33. The molecule has 1 aromatic heterocycles. The molecule has 8 heteroatoms. The van der Waals surface area contributed by atoms with E-state index in [4.69, 9.17) is 14.5 Å². The van der Waals surface area contributed by atoms with Gasteiger partial charge in [-0.25, -0.2) is 4.98 Å². The van der Waals surface area contributed by atoms with Crippen LogP contribution in [-0.2, 0) is 9.53 Å². The number of benzene rings is 2. The number of ether oxygens (including phenoxy) is 2. The Morgan fingerprint density at radius 2 is 1.84 bits per heavy atom. The van der Waals surface area contributed by atoms with E-state index in [9.17, 15) is 9.59 Å². The van der Waals surface area contributed by atoms with E-state index in [-0.39, 0.29) is 11.9 Å². The molecule has 1 N–H and O–H groups in total. The van der Waals surface area contributed by atoms with Crippen molar-refractivity contribution in [2.45, 2.75) is 44.4 Å². The number of anilines is 1. The van der Waals surface area contributed by atoms with Gasteiger partial charge >= 0.3 is 5.97 Å². The van der Waals surface area contributed by atoms with Crippen molar-refractivity contribution in [3.63, 3.8) is 0 Å². The van der Waals surface area contributed by atoms with Crippen molar-refractivity contribution in [3.8, 4) is 16.9 Å². The largest absolute Gasteiger partial charge is 0.497 e. The summed E-state index contributed by atoms with van der Waals surface area (Å²) in [6, 6.07) is 15.7. The van der Waals surface area contributed by atoms with Crippen LogP contribution in [0, 0.1) is 0 Å². The molecule has 37 heavy (non-hydrogen) atoms. The number of nitrogens with zero attached hydrogens (tertiary/aromatic N) is 2. The summed E-state index contributed by atoms with van der Waals surface area (Å²) < 4.78 is 10.1. The zero-order valence-corrected chi connectivity index (χ0v) is 22.4. The Morgan fingerprint density at radius 1 is 1.05 bits per heavy atom. The number of esters is 1. The molecule has 7 nitrogen and oxygen atoms in total. The zero-order valence-electron chi connectivity index (χ0n) is 21.6. The van der Waals surface area contributed by atoms with Crippen molar-refractivity contribution in [1.29, 1.82) is 0 Å². The van der Waals surface area contributed by atoms with E-state index in [1.807, 2.05) is 53.9 Å². The summed E-state index contributed by atoms with van der Waals surface area (Å²) >= 11 is 1.57. The molecule has 196 valence electrons. The van der Waals surface area contributed by atoms with Gasteiger partial charge in [-0.2, -0.15) is 0 Å². The highest BCUT2D eigenvalue weighted by molar-refractivity contribution is 7.10. The molecule has 1 aliphatic rings. The smallest absolute Gasteiger partial charge is 0.305 e. The van der Waals surface area contributed by atoms with E-state index in [1.165, 1.54) is 7.11 Å². The molecule has 0 atom stereocenters. The predicted octanol–water partition coefficient (Wildman–Crippen LogP) is 5.98. The third-order valence-electron chi connectivity index (χ3n) is 6.83. The Balaban J connectivity index is 1.31. The maximum Gasteiger partial charge on any atom is 0.305 e. The fourth-order valence-electron chi connectivity index (χ4n) is 4.68. The van der Waals surface area contributed by atoms with Crippen LogP contribution in [-0.4, -0.2) is 55.6 Å². The van der Waals surface area contributed by atoms with E-state index < -0.39 is 0 Å². The first kappa shape index (κ1) is 26.8. The standard InChI is InChI=1S/C29H35N3O4S/c1-35-23-12-13-24(21-9-5-3-6-10-21)25(19-23)30-28(34)26-20-37-29(31-26)22-14-17-32(18-15-22)16-8-4-7-11-27(33)36-2/h3,5-6,9-10,12-13,19-20,22H,4,7-8,11,14-18H2,1-2H3,(H,30,34). The van der Waals surface area contributed by atoms with Gasteiger partial charge in [0.25, 0.3) is 5.91 Å². The van der Waals surface area contributed by atoms with Crippen molar-refractivity contribution in [2.75, 3.05) is 39.2 Å². The molecule has 1 saturated heterocycles. The molecule has 3 aromatic rings. The van der Waals surface area contributed by atoms with Gasteiger partial charge in [-0.05, 0) is 63.0 Å². The zero-order chi connectivity index (χ0) is 26.0. The van der Waals surface area contributed by atoms with Crippen molar-refractivity contribution < 1.29 is 19.1 Å². The normalized spacial score (nSPS) is 14.3. The summed E-state index contributed by atoms with van der Waals surface area (Å²) in [6.07, 6.45) is 5.62. The van der Waals surface area contributed by atoms with Gasteiger partial charge in [0.2, 0.25) is 0 Å². The summed E-state index contributed by atoms with van der Waals surface area (Å²) in [5, 5.41) is 5.96. The quantitative estimate of drug-likeness (QED) is 0.247. The molecule has 0 radical (unpaired) electrons. The Kier molecular flexibility index (Phi) is 9.68. The summed E-state index contributed by atoms with van der Waals surface area (Å²) in [6.45, 7) is 3.13. The molecule has 1 aliphatic heterocycles. The number of rotatable bonds is 11. The molecule has 1 amide bonds. The summed E-state index contributed by atoms with van der Waals surface area (Å²) in [4.78, 5) is 31.6. The van der Waals surface area contributed by atoms with Crippen molar-refractivity contribution in [3.05, 3.63) is 64.6 Å². The minimum Gasteiger partial charge on any atom is -0.497 e. The first-order chi connectivity index (χ1) is 18.1. The number of nitrogens with one attached hydrogen (secondary N) is 1. The summed E-state index contributed by atoms with van der Waals surface area (Å²) in [5.41, 5.74) is 3.11. The third kappa shape index (κ3) is 7.40. The maximum absolute atomic E-state index is 13.1. The minimum atomic E-state index is -0.211. The average molecular weight is 522 g/mol. The molecule has 2 heterocycles. The van der Waals surface area contributed by atoms with Crippen LogP contribution in [0.15, 0.2) is 53.9 Å². The number of likely N-dealkylation sites (tertiary alicyclic amines) is 1. The number of piperidine rings is 1. The second kappa shape index (κ2) is 13.4. The lowest BCUT2D eigenvalue weighted by molar-refractivity contribution is -0.140. The van der Waals surface area contributed by atoms with Gasteiger partial charge in [-0.1, -0.05) is 36.8 Å². The minimum absolute atomic E-state index is 0.127. The Hall–Kier alpha value is -3.23. The lowest BCUT2D eigenvalue weighted by Gasteiger charge is -2.31. The number of carbonyl (C=O) groups is 2. The fourth-order valence-corrected chi connectivity index (χ4v) is 5.65. The monoisotopic (exact) mass is 521 g/mol. The summed E-state index contributed by atoms with van der Waals surface area (Å²) in [5.74, 6) is 0.734. The molecule has 0 aliphatic carbocycles. The Bertz CT molecular complexity index is 1170. The highest BCUT2D eigenvalue weighted by Crippen LogP contribution is 2.33. The first-order valence-electron chi connectivity index (χ1n) is 12.9. The molecular weight excluding hydrogens is 486 g/mol. The SMILES string of the molecule is COC(=O)CCCCCN1CCC(c2nc(C(=O)Nc3cc(OC)ccc3-c3ccccc3)cs2)CC1. The molecule has 0 bridgehead atoms. The maximum atomic E-state index is 13.1. The fraction of sp³-hybridized carbons (Fsp3) is 0.414. The molecular formula is C29H35N3O4S. The van der Waals surface area contributed by atoms with Crippen molar-refractivity contribution >= 4 is 28.9 Å². The number of carbonyl (C=O) groups excluding carboxylic acids is 2. The van der Waals surface area contributed by atoms with Gasteiger partial charge in [-0.15, -0.1) is 11.3 Å². The van der Waals surface area contributed by atoms with Crippen LogP contribution in [0.5, 0.6) is 5.75 Å².